The van der Waals surface area contributed by atoms with Crippen molar-refractivity contribution in [3.8, 4) is 0 Å². The van der Waals surface area contributed by atoms with Crippen LogP contribution >= 0.6 is 0 Å². The third-order valence-corrected chi connectivity index (χ3v) is 4.07. The zero-order valence-corrected chi connectivity index (χ0v) is 14.2. The highest BCUT2D eigenvalue weighted by Gasteiger charge is 2.09. The van der Waals surface area contributed by atoms with Crippen molar-refractivity contribution < 1.29 is 4.79 Å². The summed E-state index contributed by atoms with van der Waals surface area (Å²) in [6.07, 6.45) is 1.45. The van der Waals surface area contributed by atoms with Crippen molar-refractivity contribution in [2.45, 2.75) is 39.7 Å². The van der Waals surface area contributed by atoms with E-state index in [0.717, 1.165) is 12.0 Å². The average molecular weight is 310 g/mol. The summed E-state index contributed by atoms with van der Waals surface area (Å²) in [6, 6.07) is 16.4. The van der Waals surface area contributed by atoms with Gasteiger partial charge in [-0.1, -0.05) is 55.5 Å². The molecule has 0 aliphatic carbocycles. The topological polar surface area (TPSA) is 41.1 Å². The largest absolute Gasteiger partial charge is 0.384 e. The van der Waals surface area contributed by atoms with Crippen LogP contribution in [0, 0.1) is 6.92 Å². The first-order valence-corrected chi connectivity index (χ1v) is 8.28. The lowest BCUT2D eigenvalue weighted by Gasteiger charge is -2.16. The Morgan fingerprint density at radius 1 is 1.09 bits per heavy atom. The van der Waals surface area contributed by atoms with Crippen LogP contribution < -0.4 is 10.6 Å². The fourth-order valence-corrected chi connectivity index (χ4v) is 2.72. The number of nitrogens with one attached hydrogen (secondary N) is 2. The van der Waals surface area contributed by atoms with Gasteiger partial charge in [-0.05, 0) is 37.0 Å². The predicted molar refractivity (Wildman–Crippen MR) is 96.7 cm³/mol. The molecule has 122 valence electrons. The Bertz CT molecular complexity index is 637. The zero-order chi connectivity index (χ0) is 16.7. The molecule has 0 heterocycles. The smallest absolute Gasteiger partial charge is 0.222 e. The van der Waals surface area contributed by atoms with Crippen LogP contribution in [0.1, 0.15) is 43.0 Å². The molecule has 0 aliphatic heterocycles. The van der Waals surface area contributed by atoms with E-state index < -0.39 is 0 Å². The van der Waals surface area contributed by atoms with Gasteiger partial charge in [0.1, 0.15) is 0 Å². The third kappa shape index (κ3) is 4.85. The molecule has 0 spiro atoms. The van der Waals surface area contributed by atoms with Gasteiger partial charge in [0.15, 0.2) is 0 Å². The summed E-state index contributed by atoms with van der Waals surface area (Å²) >= 11 is 0. The second kappa shape index (κ2) is 8.37. The lowest BCUT2D eigenvalue weighted by molar-refractivity contribution is -0.121. The van der Waals surface area contributed by atoms with Crippen molar-refractivity contribution in [2.75, 3.05) is 11.9 Å². The van der Waals surface area contributed by atoms with Gasteiger partial charge in [-0.3, -0.25) is 4.79 Å². The van der Waals surface area contributed by atoms with Crippen LogP contribution in [0.5, 0.6) is 0 Å². The highest BCUT2D eigenvalue weighted by Crippen LogP contribution is 2.20. The van der Waals surface area contributed by atoms with E-state index in [4.69, 9.17) is 0 Å². The van der Waals surface area contributed by atoms with E-state index in [0.29, 0.717) is 13.0 Å². The Morgan fingerprint density at radius 3 is 2.52 bits per heavy atom. The molecular formula is C20H26N2O. The maximum absolute atomic E-state index is 12.1. The molecule has 2 aromatic rings. The second-order valence-electron chi connectivity index (χ2n) is 5.84. The summed E-state index contributed by atoms with van der Waals surface area (Å²) in [5.41, 5.74) is 4.81. The predicted octanol–water partition coefficient (Wildman–Crippen LogP) is 4.24. The summed E-state index contributed by atoms with van der Waals surface area (Å²) < 4.78 is 0. The fourth-order valence-electron chi connectivity index (χ4n) is 2.72. The molecule has 0 saturated heterocycles. The number of benzene rings is 2. The maximum Gasteiger partial charge on any atom is 0.222 e. The summed E-state index contributed by atoms with van der Waals surface area (Å²) in [5.74, 6) is 0.0699. The van der Waals surface area contributed by atoms with E-state index in [1.165, 1.54) is 16.8 Å². The van der Waals surface area contributed by atoms with Gasteiger partial charge >= 0.3 is 0 Å². The van der Waals surface area contributed by atoms with E-state index in [1.54, 1.807) is 0 Å². The first-order chi connectivity index (χ1) is 11.1. The lowest BCUT2D eigenvalue weighted by Crippen LogP contribution is -2.28. The van der Waals surface area contributed by atoms with Crippen molar-refractivity contribution in [1.29, 1.82) is 0 Å². The molecule has 0 fully saturated rings. The Kier molecular flexibility index (Phi) is 6.21. The van der Waals surface area contributed by atoms with Gasteiger partial charge in [-0.15, -0.1) is 0 Å². The van der Waals surface area contributed by atoms with Crippen LogP contribution in [0.15, 0.2) is 48.5 Å². The van der Waals surface area contributed by atoms with E-state index >= 15 is 0 Å². The van der Waals surface area contributed by atoms with Gasteiger partial charge < -0.3 is 10.6 Å². The summed E-state index contributed by atoms with van der Waals surface area (Å²) in [4.78, 5) is 12.1. The number of hydrogen-bond donors (Lipinski definition) is 2. The molecule has 0 aliphatic rings. The molecule has 0 radical (unpaired) electrons. The van der Waals surface area contributed by atoms with Crippen molar-refractivity contribution in [3.63, 3.8) is 0 Å². The number of rotatable bonds is 7. The van der Waals surface area contributed by atoms with E-state index in [-0.39, 0.29) is 11.9 Å². The number of hydrogen-bond acceptors (Lipinski definition) is 2. The Hall–Kier alpha value is -2.29. The van der Waals surface area contributed by atoms with Crippen LogP contribution in [0.25, 0.3) is 0 Å². The molecule has 2 N–H and O–H groups in total. The molecule has 0 aromatic heterocycles. The molecule has 1 unspecified atom stereocenters. The molecule has 1 amide bonds. The minimum atomic E-state index is 0.0355. The number of carbonyl (C=O) groups is 1. The Morgan fingerprint density at radius 2 is 1.83 bits per heavy atom. The van der Waals surface area contributed by atoms with Crippen molar-refractivity contribution >= 4 is 11.6 Å². The minimum absolute atomic E-state index is 0.0355. The van der Waals surface area contributed by atoms with Crippen LogP contribution in [-0.2, 0) is 11.2 Å². The molecular weight excluding hydrogens is 284 g/mol. The summed E-state index contributed by atoms with van der Waals surface area (Å²) in [5, 5.41) is 6.46. The van der Waals surface area contributed by atoms with Gasteiger partial charge in [0.05, 0.1) is 6.04 Å². The van der Waals surface area contributed by atoms with Crippen LogP contribution in [0.2, 0.25) is 0 Å². The molecule has 1 atom stereocenters. The Labute approximate surface area is 139 Å². The zero-order valence-electron chi connectivity index (χ0n) is 14.2. The number of amides is 1. The molecule has 3 nitrogen and oxygen atoms in total. The molecule has 2 rings (SSSR count). The number of carbonyl (C=O) groups excluding carboxylic acids is 1. The average Bonchev–Trinajstić information content (AvgIpc) is 2.57. The highest BCUT2D eigenvalue weighted by molar-refractivity contribution is 5.77. The maximum atomic E-state index is 12.1. The van der Waals surface area contributed by atoms with Gasteiger partial charge in [0.2, 0.25) is 5.91 Å². The number of aryl methyl sites for hydroxylation is 2. The van der Waals surface area contributed by atoms with Crippen LogP contribution in [-0.4, -0.2) is 12.5 Å². The molecule has 0 saturated carbocycles. The van der Waals surface area contributed by atoms with Crippen LogP contribution in [0.3, 0.4) is 0 Å². The van der Waals surface area contributed by atoms with Crippen molar-refractivity contribution in [1.82, 2.24) is 5.32 Å². The van der Waals surface area contributed by atoms with Gasteiger partial charge in [-0.2, -0.15) is 0 Å². The normalized spacial score (nSPS) is 11.8. The minimum Gasteiger partial charge on any atom is -0.384 e. The number of anilines is 1. The monoisotopic (exact) mass is 310 g/mol. The Balaban J connectivity index is 1.84. The SMILES string of the molecule is CCc1cccc(C)c1NCCC(=O)NC(C)c1ccccc1. The first-order valence-electron chi connectivity index (χ1n) is 8.28. The second-order valence-corrected chi connectivity index (χ2v) is 5.84. The van der Waals surface area contributed by atoms with Gasteiger partial charge in [-0.25, -0.2) is 0 Å². The summed E-state index contributed by atoms with van der Waals surface area (Å²) in [7, 11) is 0. The third-order valence-electron chi connectivity index (χ3n) is 4.07. The van der Waals surface area contributed by atoms with Crippen LogP contribution in [0.4, 0.5) is 5.69 Å². The number of para-hydroxylation sites is 1. The van der Waals surface area contributed by atoms with E-state index in [1.807, 2.05) is 37.3 Å². The standard InChI is InChI=1S/C20H26N2O/c1-4-17-12-8-9-15(2)20(17)21-14-13-19(23)22-16(3)18-10-6-5-7-11-18/h5-12,16,21H,4,13-14H2,1-3H3,(H,22,23). The fraction of sp³-hybridized carbons (Fsp3) is 0.350. The van der Waals surface area contributed by atoms with Crippen molar-refractivity contribution in [2.24, 2.45) is 0 Å². The van der Waals surface area contributed by atoms with Gasteiger partial charge in [0, 0.05) is 18.7 Å². The molecule has 23 heavy (non-hydrogen) atoms. The lowest BCUT2D eigenvalue weighted by atomic mass is 10.1. The molecule has 3 heteroatoms. The van der Waals surface area contributed by atoms with Crippen molar-refractivity contribution in [3.05, 3.63) is 65.2 Å². The molecule has 0 bridgehead atoms. The first kappa shape index (κ1) is 17.1. The van der Waals surface area contributed by atoms with E-state index in [2.05, 4.69) is 42.7 Å². The highest BCUT2D eigenvalue weighted by atomic mass is 16.1. The quantitative estimate of drug-likeness (QED) is 0.803. The summed E-state index contributed by atoms with van der Waals surface area (Å²) in [6.45, 7) is 6.90. The molecule has 2 aromatic carbocycles. The van der Waals surface area contributed by atoms with E-state index in [9.17, 15) is 4.79 Å². The van der Waals surface area contributed by atoms with Gasteiger partial charge in [0.25, 0.3) is 0 Å².